The van der Waals surface area contributed by atoms with Crippen molar-refractivity contribution >= 4 is 5.91 Å². The highest BCUT2D eigenvalue weighted by molar-refractivity contribution is 5.94. The summed E-state index contributed by atoms with van der Waals surface area (Å²) in [5.41, 5.74) is 2.75. The van der Waals surface area contributed by atoms with Crippen LogP contribution in [0.2, 0.25) is 0 Å². The molecule has 0 atom stereocenters. The van der Waals surface area contributed by atoms with Crippen molar-refractivity contribution in [3.05, 3.63) is 77.9 Å². The number of carbonyl (C=O) groups is 1. The topological polar surface area (TPSA) is 63.9 Å². The third-order valence-corrected chi connectivity index (χ3v) is 5.13. The molecule has 6 heteroatoms. The van der Waals surface area contributed by atoms with E-state index < -0.39 is 0 Å². The summed E-state index contributed by atoms with van der Waals surface area (Å²) in [6, 6.07) is 7.77. The van der Waals surface area contributed by atoms with E-state index in [0.29, 0.717) is 11.5 Å². The summed E-state index contributed by atoms with van der Waals surface area (Å²) in [7, 11) is 0. The minimum atomic E-state index is 0.0691. The molecule has 0 unspecified atom stereocenters. The van der Waals surface area contributed by atoms with Gasteiger partial charge in [-0.1, -0.05) is 6.07 Å². The Labute approximate surface area is 158 Å². The third-order valence-electron chi connectivity index (χ3n) is 5.13. The van der Waals surface area contributed by atoms with Gasteiger partial charge in [-0.2, -0.15) is 0 Å². The second kappa shape index (κ2) is 7.70. The van der Waals surface area contributed by atoms with Crippen molar-refractivity contribution in [1.82, 2.24) is 24.4 Å². The lowest BCUT2D eigenvalue weighted by molar-refractivity contribution is 0.0710. The molecule has 0 N–H and O–H groups in total. The molecule has 0 saturated carbocycles. The molecule has 0 aliphatic carbocycles. The van der Waals surface area contributed by atoms with Gasteiger partial charge in [0.2, 0.25) is 0 Å². The Morgan fingerprint density at radius 2 is 1.96 bits per heavy atom. The van der Waals surface area contributed by atoms with Crippen molar-refractivity contribution in [2.75, 3.05) is 13.1 Å². The summed E-state index contributed by atoms with van der Waals surface area (Å²) < 4.78 is 2.20. The van der Waals surface area contributed by atoms with Crippen LogP contribution in [0.5, 0.6) is 0 Å². The normalized spacial score (nSPS) is 15.1. The third kappa shape index (κ3) is 3.89. The number of likely N-dealkylation sites (tertiary alicyclic amines) is 1. The number of nitrogens with zero attached hydrogens (tertiary/aromatic N) is 5. The van der Waals surface area contributed by atoms with E-state index in [0.717, 1.165) is 49.6 Å². The average Bonchev–Trinajstić information content (AvgIpc) is 3.17. The highest BCUT2D eigenvalue weighted by Gasteiger charge is 2.27. The molecule has 0 bridgehead atoms. The lowest BCUT2D eigenvalue weighted by Crippen LogP contribution is -2.38. The molecule has 27 heavy (non-hydrogen) atoms. The summed E-state index contributed by atoms with van der Waals surface area (Å²) >= 11 is 0. The molecule has 3 aromatic heterocycles. The van der Waals surface area contributed by atoms with E-state index in [1.165, 1.54) is 0 Å². The molecule has 1 saturated heterocycles. The first-order valence-corrected chi connectivity index (χ1v) is 9.32. The monoisotopic (exact) mass is 361 g/mol. The quantitative estimate of drug-likeness (QED) is 0.716. The van der Waals surface area contributed by atoms with Crippen molar-refractivity contribution < 1.29 is 4.79 Å². The zero-order chi connectivity index (χ0) is 18.6. The smallest absolute Gasteiger partial charge is 0.255 e. The van der Waals surface area contributed by atoms with Crippen LogP contribution in [0.15, 0.2) is 55.2 Å². The van der Waals surface area contributed by atoms with Gasteiger partial charge in [-0.3, -0.25) is 14.8 Å². The lowest BCUT2D eigenvalue weighted by atomic mass is 9.95. The van der Waals surface area contributed by atoms with E-state index in [1.807, 2.05) is 48.6 Å². The molecule has 138 valence electrons. The largest absolute Gasteiger partial charge is 0.339 e. The highest BCUT2D eigenvalue weighted by atomic mass is 16.2. The minimum Gasteiger partial charge on any atom is -0.339 e. The zero-order valence-corrected chi connectivity index (χ0v) is 15.5. The van der Waals surface area contributed by atoms with Crippen LogP contribution in [0.1, 0.15) is 46.2 Å². The second-order valence-corrected chi connectivity index (χ2v) is 7.03. The van der Waals surface area contributed by atoms with Crippen LogP contribution in [-0.2, 0) is 6.54 Å². The Morgan fingerprint density at radius 3 is 2.67 bits per heavy atom. The predicted octanol–water partition coefficient (Wildman–Crippen LogP) is 3.05. The maximum absolute atomic E-state index is 12.7. The van der Waals surface area contributed by atoms with Crippen LogP contribution in [-0.4, -0.2) is 43.4 Å². The summed E-state index contributed by atoms with van der Waals surface area (Å²) in [4.78, 5) is 27.6. The van der Waals surface area contributed by atoms with Gasteiger partial charge < -0.3 is 9.47 Å². The fourth-order valence-corrected chi connectivity index (χ4v) is 3.62. The maximum Gasteiger partial charge on any atom is 0.255 e. The van der Waals surface area contributed by atoms with E-state index in [9.17, 15) is 4.79 Å². The summed E-state index contributed by atoms with van der Waals surface area (Å²) in [6.45, 7) is 4.19. The molecule has 0 aromatic carbocycles. The van der Waals surface area contributed by atoms with Crippen molar-refractivity contribution in [2.45, 2.75) is 32.2 Å². The second-order valence-electron chi connectivity index (χ2n) is 7.03. The van der Waals surface area contributed by atoms with Gasteiger partial charge in [-0.15, -0.1) is 0 Å². The highest BCUT2D eigenvalue weighted by Crippen LogP contribution is 2.28. The SMILES string of the molecule is Cc1ccc(C(=O)N2CCC(c3nccn3Cc3cccnc3)CC2)cn1. The number of carbonyl (C=O) groups excluding carboxylic acids is 1. The molecule has 3 aromatic rings. The molecule has 1 amide bonds. The summed E-state index contributed by atoms with van der Waals surface area (Å²) in [6.07, 6.45) is 11.1. The van der Waals surface area contributed by atoms with Gasteiger partial charge in [-0.05, 0) is 43.5 Å². The number of rotatable bonds is 4. The molecular formula is C21H23N5O. The summed E-state index contributed by atoms with van der Waals surface area (Å²) in [5.74, 6) is 1.54. The van der Waals surface area contributed by atoms with Gasteiger partial charge in [0, 0.05) is 55.7 Å². The molecule has 1 fully saturated rings. The van der Waals surface area contributed by atoms with Crippen molar-refractivity contribution in [3.8, 4) is 0 Å². The number of hydrogen-bond donors (Lipinski definition) is 0. The Kier molecular flexibility index (Phi) is 4.96. The Bertz CT molecular complexity index is 896. The van der Waals surface area contributed by atoms with Gasteiger partial charge in [0.25, 0.3) is 5.91 Å². The first kappa shape index (κ1) is 17.4. The van der Waals surface area contributed by atoms with Crippen molar-refractivity contribution in [3.63, 3.8) is 0 Å². The van der Waals surface area contributed by atoms with Crippen LogP contribution in [0.4, 0.5) is 0 Å². The molecule has 0 spiro atoms. The molecule has 4 rings (SSSR count). The number of amides is 1. The maximum atomic E-state index is 12.7. The van der Waals surface area contributed by atoms with Gasteiger partial charge >= 0.3 is 0 Å². The standard InChI is InChI=1S/C21H23N5O/c1-16-4-5-19(14-24-16)21(27)25-10-6-18(7-11-25)20-23-9-12-26(20)15-17-3-2-8-22-13-17/h2-5,8-9,12-14,18H,6-7,10-11,15H2,1H3. The van der Waals surface area contributed by atoms with E-state index in [2.05, 4.69) is 25.6 Å². The van der Waals surface area contributed by atoms with Gasteiger partial charge in [0.1, 0.15) is 5.82 Å². The summed E-state index contributed by atoms with van der Waals surface area (Å²) in [5, 5.41) is 0. The van der Waals surface area contributed by atoms with Gasteiger partial charge in [0.05, 0.1) is 12.1 Å². The van der Waals surface area contributed by atoms with Crippen molar-refractivity contribution in [2.24, 2.45) is 0 Å². The molecule has 1 aliphatic rings. The van der Waals surface area contributed by atoms with Crippen LogP contribution in [0, 0.1) is 6.92 Å². The van der Waals surface area contributed by atoms with Crippen LogP contribution in [0.25, 0.3) is 0 Å². The molecule has 1 aliphatic heterocycles. The number of imidazole rings is 1. The van der Waals surface area contributed by atoms with Gasteiger partial charge in [0.15, 0.2) is 0 Å². The zero-order valence-electron chi connectivity index (χ0n) is 15.5. The first-order valence-electron chi connectivity index (χ1n) is 9.32. The Balaban J connectivity index is 1.40. The number of aromatic nitrogens is 4. The van der Waals surface area contributed by atoms with E-state index >= 15 is 0 Å². The minimum absolute atomic E-state index is 0.0691. The molecule has 0 radical (unpaired) electrons. The fraction of sp³-hybridized carbons (Fsp3) is 0.333. The van der Waals surface area contributed by atoms with E-state index in [4.69, 9.17) is 0 Å². The number of hydrogen-bond acceptors (Lipinski definition) is 4. The molecule has 4 heterocycles. The van der Waals surface area contributed by atoms with Crippen LogP contribution in [0.3, 0.4) is 0 Å². The van der Waals surface area contributed by atoms with Gasteiger partial charge in [-0.25, -0.2) is 4.98 Å². The predicted molar refractivity (Wildman–Crippen MR) is 102 cm³/mol. The van der Waals surface area contributed by atoms with Crippen LogP contribution >= 0.6 is 0 Å². The van der Waals surface area contributed by atoms with E-state index in [-0.39, 0.29) is 5.91 Å². The first-order chi connectivity index (χ1) is 13.2. The lowest BCUT2D eigenvalue weighted by Gasteiger charge is -2.32. The Hall–Kier alpha value is -3.02. The Morgan fingerprint density at radius 1 is 1.11 bits per heavy atom. The number of aryl methyl sites for hydroxylation is 1. The van der Waals surface area contributed by atoms with Crippen LogP contribution < -0.4 is 0 Å². The number of pyridine rings is 2. The van der Waals surface area contributed by atoms with E-state index in [1.54, 1.807) is 12.4 Å². The number of piperidine rings is 1. The molecular weight excluding hydrogens is 338 g/mol. The fourth-order valence-electron chi connectivity index (χ4n) is 3.62. The molecule has 6 nitrogen and oxygen atoms in total. The average molecular weight is 361 g/mol. The van der Waals surface area contributed by atoms with Crippen molar-refractivity contribution in [1.29, 1.82) is 0 Å².